The lowest BCUT2D eigenvalue weighted by molar-refractivity contribution is -0.131. The number of allylic oxidation sites excluding steroid dienone is 1. The number of rotatable bonds is 30. The number of unbranched alkanes of at least 4 members (excludes halogenated alkanes) is 16. The van der Waals surface area contributed by atoms with Gasteiger partial charge in [0.15, 0.2) is 0 Å². The highest BCUT2D eigenvalue weighted by atomic mass is 32.3. The standard InChI is InChI=1S/C34H67NO7S/c1-29(2)24-20-16-12-8-6-5-7-9-14-18-22-26-32(36)31(28-42-43(39,40)41)35-34(38)33(37)27-23-19-15-11-10-13-17-21-25-30(3)4/h22,26,29-33,36-37H,5-21,23-25,27-28H2,1-4H3,(H,35,38)(H,39,40,41)/b26-22+/t31-,32-,33-/m1/s1. The van der Waals surface area contributed by atoms with Gasteiger partial charge in [-0.2, -0.15) is 8.42 Å². The average molecular weight is 634 g/mol. The van der Waals surface area contributed by atoms with Gasteiger partial charge in [0.1, 0.15) is 6.10 Å². The molecule has 4 N–H and O–H groups in total. The van der Waals surface area contributed by atoms with E-state index in [1.54, 1.807) is 0 Å². The van der Waals surface area contributed by atoms with Crippen molar-refractivity contribution in [1.82, 2.24) is 5.32 Å². The van der Waals surface area contributed by atoms with Crippen molar-refractivity contribution >= 4 is 16.3 Å². The molecule has 0 saturated heterocycles. The number of aliphatic hydroxyl groups excluding tert-OH is 2. The van der Waals surface area contributed by atoms with Gasteiger partial charge in [-0.1, -0.05) is 155 Å². The van der Waals surface area contributed by atoms with Crippen LogP contribution < -0.4 is 5.32 Å². The van der Waals surface area contributed by atoms with Crippen molar-refractivity contribution in [2.24, 2.45) is 11.8 Å². The molecule has 256 valence electrons. The number of hydrogen-bond acceptors (Lipinski definition) is 6. The SMILES string of the molecule is CC(C)CCCCCCCCCCC/C=C/[C@@H](O)[C@@H](COS(=O)(=O)O)NC(=O)[C@H](O)CCCCCCCCCCC(C)C. The Morgan fingerprint density at radius 3 is 1.49 bits per heavy atom. The smallest absolute Gasteiger partial charge is 0.387 e. The second-order valence-corrected chi connectivity index (χ2v) is 14.3. The third-order valence-corrected chi connectivity index (χ3v) is 8.37. The maximum absolute atomic E-state index is 12.5. The maximum Gasteiger partial charge on any atom is 0.397 e. The lowest BCUT2D eigenvalue weighted by atomic mass is 10.0. The number of carbonyl (C=O) groups is 1. The van der Waals surface area contributed by atoms with Gasteiger partial charge in [-0.3, -0.25) is 9.35 Å². The summed E-state index contributed by atoms with van der Waals surface area (Å²) < 4.78 is 35.5. The summed E-state index contributed by atoms with van der Waals surface area (Å²) in [6, 6.07) is -1.13. The highest BCUT2D eigenvalue weighted by molar-refractivity contribution is 7.80. The average Bonchev–Trinajstić information content (AvgIpc) is 2.93. The topological polar surface area (TPSA) is 133 Å². The Balaban J connectivity index is 4.25. The number of amides is 1. The van der Waals surface area contributed by atoms with Crippen molar-refractivity contribution in [2.75, 3.05) is 6.61 Å². The van der Waals surface area contributed by atoms with Gasteiger partial charge in [0.2, 0.25) is 5.91 Å². The first kappa shape index (κ1) is 42.0. The van der Waals surface area contributed by atoms with Crippen LogP contribution in [0.25, 0.3) is 0 Å². The third-order valence-electron chi connectivity index (χ3n) is 7.93. The van der Waals surface area contributed by atoms with Crippen molar-refractivity contribution in [3.8, 4) is 0 Å². The van der Waals surface area contributed by atoms with Crippen LogP contribution in [-0.4, -0.2) is 53.9 Å². The summed E-state index contributed by atoms with van der Waals surface area (Å²) in [6.07, 6.45) is 24.4. The van der Waals surface area contributed by atoms with Gasteiger partial charge in [0.25, 0.3) is 0 Å². The molecule has 0 fully saturated rings. The monoisotopic (exact) mass is 633 g/mol. The normalized spacial score (nSPS) is 14.5. The molecular formula is C34H67NO7S. The molecule has 9 heteroatoms. The lowest BCUT2D eigenvalue weighted by Crippen LogP contribution is -2.49. The molecule has 0 rings (SSSR count). The number of aliphatic hydroxyl groups is 2. The minimum Gasteiger partial charge on any atom is -0.387 e. The first-order valence-electron chi connectivity index (χ1n) is 17.4. The second-order valence-electron chi connectivity index (χ2n) is 13.2. The van der Waals surface area contributed by atoms with Gasteiger partial charge >= 0.3 is 10.4 Å². The lowest BCUT2D eigenvalue weighted by Gasteiger charge is -2.23. The largest absolute Gasteiger partial charge is 0.397 e. The van der Waals surface area contributed by atoms with Crippen LogP contribution in [0.2, 0.25) is 0 Å². The van der Waals surface area contributed by atoms with Gasteiger partial charge < -0.3 is 15.5 Å². The molecule has 0 aromatic rings. The van der Waals surface area contributed by atoms with Gasteiger partial charge in [-0.05, 0) is 31.1 Å². The minimum absolute atomic E-state index is 0.288. The van der Waals surface area contributed by atoms with Crippen molar-refractivity contribution in [3.05, 3.63) is 12.2 Å². The first-order chi connectivity index (χ1) is 20.4. The molecule has 0 radical (unpaired) electrons. The van der Waals surface area contributed by atoms with Crippen LogP contribution in [0.1, 0.15) is 163 Å². The fourth-order valence-corrected chi connectivity index (χ4v) is 5.49. The quantitative estimate of drug-likeness (QED) is 0.0357. The second kappa shape index (κ2) is 27.3. The van der Waals surface area contributed by atoms with Crippen LogP contribution in [-0.2, 0) is 19.4 Å². The Labute approximate surface area is 264 Å². The predicted octanol–water partition coefficient (Wildman–Crippen LogP) is 8.07. The number of nitrogens with one attached hydrogen (secondary N) is 1. The van der Waals surface area contributed by atoms with E-state index >= 15 is 0 Å². The molecule has 0 unspecified atom stereocenters. The summed E-state index contributed by atoms with van der Waals surface area (Å²) in [5.74, 6) is 0.870. The summed E-state index contributed by atoms with van der Waals surface area (Å²) in [6.45, 7) is 8.41. The predicted molar refractivity (Wildman–Crippen MR) is 177 cm³/mol. The number of hydrogen-bond donors (Lipinski definition) is 4. The van der Waals surface area contributed by atoms with Gasteiger partial charge in [-0.25, -0.2) is 4.18 Å². The Hall–Kier alpha value is -1.00. The van der Waals surface area contributed by atoms with E-state index in [0.717, 1.165) is 50.4 Å². The molecule has 1 amide bonds. The molecule has 3 atom stereocenters. The zero-order valence-corrected chi connectivity index (χ0v) is 28.8. The van der Waals surface area contributed by atoms with E-state index in [2.05, 4.69) is 37.2 Å². The van der Waals surface area contributed by atoms with Gasteiger partial charge in [-0.15, -0.1) is 0 Å². The Bertz CT molecular complexity index is 786. The molecule has 43 heavy (non-hydrogen) atoms. The molecular weight excluding hydrogens is 566 g/mol. The van der Waals surface area contributed by atoms with E-state index in [9.17, 15) is 23.4 Å². The Morgan fingerprint density at radius 2 is 1.07 bits per heavy atom. The fourth-order valence-electron chi connectivity index (χ4n) is 5.17. The highest BCUT2D eigenvalue weighted by Crippen LogP contribution is 2.15. The van der Waals surface area contributed by atoms with Gasteiger partial charge in [0, 0.05) is 0 Å². The van der Waals surface area contributed by atoms with Crippen LogP contribution in [0.15, 0.2) is 12.2 Å². The third kappa shape index (κ3) is 29.5. The molecule has 0 aromatic carbocycles. The molecule has 0 saturated carbocycles. The van der Waals surface area contributed by atoms with Crippen molar-refractivity contribution in [3.63, 3.8) is 0 Å². The van der Waals surface area contributed by atoms with E-state index in [0.29, 0.717) is 6.42 Å². The molecule has 0 bridgehead atoms. The summed E-state index contributed by atoms with van der Waals surface area (Å²) in [5, 5.41) is 23.4. The summed E-state index contributed by atoms with van der Waals surface area (Å²) >= 11 is 0. The molecule has 0 heterocycles. The zero-order valence-electron chi connectivity index (χ0n) is 28.0. The first-order valence-corrected chi connectivity index (χ1v) is 18.7. The molecule has 0 spiro atoms. The van der Waals surface area contributed by atoms with Crippen molar-refractivity contribution < 1.29 is 32.2 Å². The molecule has 0 aliphatic rings. The molecule has 8 nitrogen and oxygen atoms in total. The Kier molecular flexibility index (Phi) is 26.7. The fraction of sp³-hybridized carbons (Fsp3) is 0.912. The van der Waals surface area contributed by atoms with Crippen LogP contribution in [0, 0.1) is 11.8 Å². The van der Waals surface area contributed by atoms with Crippen LogP contribution in [0.5, 0.6) is 0 Å². The molecule has 0 aliphatic carbocycles. The van der Waals surface area contributed by atoms with E-state index in [1.807, 2.05) is 6.08 Å². The van der Waals surface area contributed by atoms with E-state index in [4.69, 9.17) is 4.55 Å². The molecule has 0 aromatic heterocycles. The van der Waals surface area contributed by atoms with Crippen LogP contribution in [0.4, 0.5) is 0 Å². The van der Waals surface area contributed by atoms with Gasteiger partial charge in [0.05, 0.1) is 18.8 Å². The maximum atomic E-state index is 12.5. The van der Waals surface area contributed by atoms with Crippen molar-refractivity contribution in [2.45, 2.75) is 181 Å². The highest BCUT2D eigenvalue weighted by Gasteiger charge is 2.25. The molecule has 0 aliphatic heterocycles. The van der Waals surface area contributed by atoms with E-state index < -0.39 is 41.2 Å². The van der Waals surface area contributed by atoms with Crippen LogP contribution >= 0.6 is 0 Å². The van der Waals surface area contributed by atoms with E-state index in [1.165, 1.54) is 89.5 Å². The minimum atomic E-state index is -4.74. The summed E-state index contributed by atoms with van der Waals surface area (Å²) in [7, 11) is -4.74. The summed E-state index contributed by atoms with van der Waals surface area (Å²) in [4.78, 5) is 12.5. The zero-order chi connectivity index (χ0) is 32.3. The van der Waals surface area contributed by atoms with Crippen molar-refractivity contribution in [1.29, 1.82) is 0 Å². The summed E-state index contributed by atoms with van der Waals surface area (Å²) in [5.41, 5.74) is 0. The Morgan fingerprint density at radius 1 is 0.674 bits per heavy atom. The van der Waals surface area contributed by atoms with Crippen LogP contribution in [0.3, 0.4) is 0 Å². The van der Waals surface area contributed by atoms with E-state index in [-0.39, 0.29) is 6.42 Å². The number of carbonyl (C=O) groups excluding carboxylic acids is 1.